The quantitative estimate of drug-likeness (QED) is 0.693. The maximum absolute atomic E-state index is 12.6. The van der Waals surface area contributed by atoms with Gasteiger partial charge in [0.1, 0.15) is 10.8 Å². The zero-order valence-corrected chi connectivity index (χ0v) is 15.3. The molecular weight excluding hydrogens is 352 g/mol. The van der Waals surface area contributed by atoms with E-state index in [0.717, 1.165) is 12.8 Å². The first kappa shape index (κ1) is 16.7. The average Bonchev–Trinajstić information content (AvgIpc) is 3.27. The van der Waals surface area contributed by atoms with Gasteiger partial charge in [-0.15, -0.1) is 0 Å². The van der Waals surface area contributed by atoms with Crippen molar-refractivity contribution in [3.63, 3.8) is 0 Å². The van der Waals surface area contributed by atoms with Crippen molar-refractivity contribution in [2.45, 2.75) is 32.7 Å². The van der Waals surface area contributed by atoms with Gasteiger partial charge < -0.3 is 4.74 Å². The van der Waals surface area contributed by atoms with Crippen molar-refractivity contribution in [2.24, 2.45) is 0 Å². The lowest BCUT2D eigenvalue weighted by Crippen LogP contribution is -2.33. The van der Waals surface area contributed by atoms with Gasteiger partial charge in [0.2, 0.25) is 4.96 Å². The minimum atomic E-state index is -0.398. The molecule has 3 heterocycles. The third kappa shape index (κ3) is 2.86. The second-order valence-electron chi connectivity index (χ2n) is 6.29. The summed E-state index contributed by atoms with van der Waals surface area (Å²) in [4.78, 5) is 31.7. The normalized spacial score (nSPS) is 17.0. The van der Waals surface area contributed by atoms with Crippen LogP contribution >= 0.6 is 11.3 Å². The van der Waals surface area contributed by atoms with Gasteiger partial charge in [0.15, 0.2) is 0 Å². The highest BCUT2D eigenvalue weighted by Crippen LogP contribution is 2.34. The number of ether oxygens (including phenoxy) is 1. The predicted octanol–water partition coefficient (Wildman–Crippen LogP) is 3.10. The first-order chi connectivity index (χ1) is 12.5. The highest BCUT2D eigenvalue weighted by atomic mass is 32.1. The summed E-state index contributed by atoms with van der Waals surface area (Å²) < 4.78 is 6.80. The molecule has 1 fully saturated rings. The monoisotopic (exact) mass is 370 g/mol. The Kier molecular flexibility index (Phi) is 4.20. The molecule has 0 spiro atoms. The van der Waals surface area contributed by atoms with Gasteiger partial charge in [0, 0.05) is 17.8 Å². The molecule has 1 aliphatic rings. The smallest absolute Gasteiger partial charge is 0.410 e. The number of carbonyl (C=O) groups is 1. The number of benzene rings is 1. The molecule has 1 atom stereocenters. The molecule has 0 N–H and O–H groups in total. The van der Waals surface area contributed by atoms with Crippen molar-refractivity contribution in [3.05, 3.63) is 57.0 Å². The highest BCUT2D eigenvalue weighted by molar-refractivity contribution is 7.16. The molecule has 134 valence electrons. The molecule has 0 unspecified atom stereocenters. The van der Waals surface area contributed by atoms with Crippen LogP contribution in [0.2, 0.25) is 0 Å². The van der Waals surface area contributed by atoms with Crippen molar-refractivity contribution in [2.75, 3.05) is 6.54 Å². The van der Waals surface area contributed by atoms with Gasteiger partial charge in [-0.2, -0.15) is 9.61 Å². The molecular formula is C18H18N4O3S. The van der Waals surface area contributed by atoms with E-state index in [-0.39, 0.29) is 11.6 Å². The van der Waals surface area contributed by atoms with E-state index in [2.05, 4.69) is 10.1 Å². The summed E-state index contributed by atoms with van der Waals surface area (Å²) in [6, 6.07) is 8.80. The highest BCUT2D eigenvalue weighted by Gasteiger charge is 2.34. The molecule has 0 saturated carbocycles. The second-order valence-corrected chi connectivity index (χ2v) is 7.28. The number of carbonyl (C=O) groups excluding carboxylic acids is 1. The average molecular weight is 370 g/mol. The Morgan fingerprint density at radius 3 is 2.81 bits per heavy atom. The molecule has 1 amide bonds. The number of aryl methyl sites for hydroxylation is 1. The summed E-state index contributed by atoms with van der Waals surface area (Å²) in [5, 5.41) is 5.16. The Morgan fingerprint density at radius 1 is 1.27 bits per heavy atom. The fraction of sp³-hybridized carbons (Fsp3) is 0.333. The molecule has 26 heavy (non-hydrogen) atoms. The number of fused-ring (bicyclic) bond motifs is 1. The first-order valence-electron chi connectivity index (χ1n) is 8.45. The van der Waals surface area contributed by atoms with Crippen molar-refractivity contribution < 1.29 is 9.53 Å². The van der Waals surface area contributed by atoms with E-state index in [9.17, 15) is 9.59 Å². The van der Waals surface area contributed by atoms with E-state index in [1.165, 1.54) is 15.9 Å². The zero-order valence-electron chi connectivity index (χ0n) is 14.5. The van der Waals surface area contributed by atoms with E-state index in [4.69, 9.17) is 4.74 Å². The Morgan fingerprint density at radius 2 is 2.04 bits per heavy atom. The lowest BCUT2D eigenvalue weighted by Gasteiger charge is -2.21. The zero-order chi connectivity index (χ0) is 18.3. The molecule has 8 heteroatoms. The van der Waals surface area contributed by atoms with E-state index in [1.807, 2.05) is 25.1 Å². The maximum Gasteiger partial charge on any atom is 0.415 e. The van der Waals surface area contributed by atoms with Crippen LogP contribution in [0.3, 0.4) is 0 Å². The van der Waals surface area contributed by atoms with Gasteiger partial charge in [-0.3, -0.25) is 9.69 Å². The van der Waals surface area contributed by atoms with Crippen LogP contribution in [0.5, 0.6) is 5.75 Å². The molecule has 1 saturated heterocycles. The van der Waals surface area contributed by atoms with Crippen molar-refractivity contribution in [1.82, 2.24) is 19.5 Å². The third-order valence-electron chi connectivity index (χ3n) is 4.62. The summed E-state index contributed by atoms with van der Waals surface area (Å²) in [7, 11) is 0. The van der Waals surface area contributed by atoms with Gasteiger partial charge in [0.25, 0.3) is 5.56 Å². The van der Waals surface area contributed by atoms with Crippen molar-refractivity contribution >= 4 is 22.4 Å². The Labute approximate surface area is 153 Å². The summed E-state index contributed by atoms with van der Waals surface area (Å²) in [5.41, 5.74) is 1.13. The van der Waals surface area contributed by atoms with Crippen LogP contribution in [0.4, 0.5) is 4.79 Å². The minimum Gasteiger partial charge on any atom is -0.410 e. The van der Waals surface area contributed by atoms with Crippen LogP contribution < -0.4 is 10.3 Å². The van der Waals surface area contributed by atoms with Gasteiger partial charge >= 0.3 is 6.09 Å². The first-order valence-corrected chi connectivity index (χ1v) is 9.26. The fourth-order valence-electron chi connectivity index (χ4n) is 3.07. The molecule has 7 nitrogen and oxygen atoms in total. The maximum atomic E-state index is 12.6. The second kappa shape index (κ2) is 6.53. The molecule has 0 aliphatic carbocycles. The lowest BCUT2D eigenvalue weighted by atomic mass is 10.2. The molecule has 0 radical (unpaired) electrons. The van der Waals surface area contributed by atoms with E-state index in [1.54, 1.807) is 24.0 Å². The largest absolute Gasteiger partial charge is 0.415 e. The van der Waals surface area contributed by atoms with Crippen LogP contribution in [0, 0.1) is 13.8 Å². The summed E-state index contributed by atoms with van der Waals surface area (Å²) >= 11 is 1.35. The van der Waals surface area contributed by atoms with Gasteiger partial charge in [-0.25, -0.2) is 9.78 Å². The van der Waals surface area contributed by atoms with E-state index in [0.29, 0.717) is 33.5 Å². The van der Waals surface area contributed by atoms with Crippen LogP contribution in [-0.2, 0) is 0 Å². The number of hydrogen-bond acceptors (Lipinski definition) is 6. The molecule has 2 aromatic heterocycles. The number of para-hydroxylation sites is 1. The third-order valence-corrected chi connectivity index (χ3v) is 5.63. The van der Waals surface area contributed by atoms with Crippen LogP contribution in [0.1, 0.15) is 35.1 Å². The molecule has 0 bridgehead atoms. The Hall–Kier alpha value is -2.74. The summed E-state index contributed by atoms with van der Waals surface area (Å²) in [6.45, 7) is 4.16. The molecule has 4 rings (SSSR count). The molecule has 1 aliphatic heterocycles. The van der Waals surface area contributed by atoms with Gasteiger partial charge in [0.05, 0.1) is 6.04 Å². The number of aromatic nitrogens is 3. The number of rotatable bonds is 2. The predicted molar refractivity (Wildman–Crippen MR) is 97.8 cm³/mol. The summed E-state index contributed by atoms with van der Waals surface area (Å²) in [6.07, 6.45) is 1.26. The number of nitrogens with zero attached hydrogens (tertiary/aromatic N) is 4. The number of likely N-dealkylation sites (tertiary alicyclic amines) is 1. The Bertz CT molecular complexity index is 1030. The van der Waals surface area contributed by atoms with Crippen molar-refractivity contribution in [3.8, 4) is 5.75 Å². The topological polar surface area (TPSA) is 76.8 Å². The van der Waals surface area contributed by atoms with Gasteiger partial charge in [-0.1, -0.05) is 29.5 Å². The Balaban J connectivity index is 1.64. The molecule has 1 aromatic carbocycles. The number of amides is 1. The van der Waals surface area contributed by atoms with Crippen LogP contribution in [-0.4, -0.2) is 32.1 Å². The standard InChI is InChI=1S/C18H18N4O3S/c1-11-12(2)19-17-22(16(11)23)20-15(26-17)14-9-6-10-21(14)18(24)25-13-7-4-3-5-8-13/h3-5,7-8,14H,6,9-10H2,1-2H3/t14-/m1/s1. The lowest BCUT2D eigenvalue weighted by molar-refractivity contribution is 0.147. The molecule has 3 aromatic rings. The summed E-state index contributed by atoms with van der Waals surface area (Å²) in [5.74, 6) is 0.511. The van der Waals surface area contributed by atoms with Crippen molar-refractivity contribution in [1.29, 1.82) is 0 Å². The van der Waals surface area contributed by atoms with E-state index < -0.39 is 6.09 Å². The minimum absolute atomic E-state index is 0.161. The fourth-order valence-corrected chi connectivity index (χ4v) is 4.15. The SMILES string of the molecule is Cc1nc2sc([C@H]3CCCN3C(=O)Oc3ccccc3)nn2c(=O)c1C. The van der Waals surface area contributed by atoms with Crippen LogP contribution in [0.25, 0.3) is 4.96 Å². The van der Waals surface area contributed by atoms with Crippen LogP contribution in [0.15, 0.2) is 35.1 Å². The number of hydrogen-bond donors (Lipinski definition) is 0. The van der Waals surface area contributed by atoms with E-state index >= 15 is 0 Å². The van der Waals surface area contributed by atoms with Gasteiger partial charge in [-0.05, 0) is 38.8 Å².